The summed E-state index contributed by atoms with van der Waals surface area (Å²) in [5.74, 6) is 0.356. The maximum atomic E-state index is 14.2. The van der Waals surface area contributed by atoms with Crippen LogP contribution in [-0.4, -0.2) is 59.4 Å². The minimum Gasteiger partial charge on any atom is -0.351 e. The molecule has 1 aliphatic carbocycles. The van der Waals surface area contributed by atoms with Crippen LogP contribution in [0.25, 0.3) is 22.3 Å². The Bertz CT molecular complexity index is 1680. The molecule has 5 rings (SSSR count). The zero-order valence-corrected chi connectivity index (χ0v) is 24.3. The Balaban J connectivity index is 1.40. The summed E-state index contributed by atoms with van der Waals surface area (Å²) in [5, 5.41) is 3.38. The molecule has 0 amide bonds. The van der Waals surface area contributed by atoms with Gasteiger partial charge < -0.3 is 10.2 Å². The zero-order valence-electron chi connectivity index (χ0n) is 22.8. The fraction of sp³-hybridized carbons (Fsp3) is 0.357. The zero-order chi connectivity index (χ0) is 29.3. The van der Waals surface area contributed by atoms with Gasteiger partial charge in [0.2, 0.25) is 5.95 Å². The monoisotopic (exact) mass is 601 g/mol. The molecule has 216 valence electrons. The summed E-state index contributed by atoms with van der Waals surface area (Å²) in [5.41, 5.74) is 1.15. The molecule has 1 aromatic carbocycles. The second kappa shape index (κ2) is 11.8. The number of pyridine rings is 2. The largest absolute Gasteiger partial charge is 0.351 e. The van der Waals surface area contributed by atoms with E-state index in [1.54, 1.807) is 25.1 Å². The van der Waals surface area contributed by atoms with Crippen molar-refractivity contribution in [1.82, 2.24) is 24.8 Å². The van der Waals surface area contributed by atoms with Gasteiger partial charge in [-0.2, -0.15) is 0 Å². The van der Waals surface area contributed by atoms with Gasteiger partial charge in [0.25, 0.3) is 16.4 Å². The van der Waals surface area contributed by atoms with Gasteiger partial charge in [0.15, 0.2) is 0 Å². The third-order valence-corrected chi connectivity index (χ3v) is 9.15. The first-order valence-electron chi connectivity index (χ1n) is 13.2. The van der Waals surface area contributed by atoms with Crippen molar-refractivity contribution in [2.24, 2.45) is 0 Å². The van der Waals surface area contributed by atoms with Gasteiger partial charge in [0, 0.05) is 28.9 Å². The number of alkyl halides is 2. The minimum absolute atomic E-state index is 0.0553. The molecule has 3 aromatic heterocycles. The Morgan fingerprint density at radius 2 is 1.76 bits per heavy atom. The van der Waals surface area contributed by atoms with Gasteiger partial charge in [-0.05, 0) is 77.0 Å². The number of rotatable bonds is 8. The Morgan fingerprint density at radius 3 is 2.41 bits per heavy atom. The molecule has 13 heteroatoms. The summed E-state index contributed by atoms with van der Waals surface area (Å²) in [7, 11) is 0.164. The molecule has 0 bridgehead atoms. The number of sulfonamides is 1. The van der Waals surface area contributed by atoms with E-state index in [4.69, 9.17) is 11.6 Å². The summed E-state index contributed by atoms with van der Waals surface area (Å²) in [6.07, 6.45) is 2.62. The third-order valence-electron chi connectivity index (χ3n) is 7.30. The van der Waals surface area contributed by atoms with Gasteiger partial charge in [-0.25, -0.2) is 37.1 Å². The Hall–Kier alpha value is -3.48. The number of hydrogen-bond acceptors (Lipinski definition) is 8. The number of nitrogens with zero attached hydrogens (tertiary/aromatic N) is 5. The van der Waals surface area contributed by atoms with Crippen molar-refractivity contribution >= 4 is 44.4 Å². The minimum atomic E-state index is -3.99. The molecule has 1 fully saturated rings. The topological polar surface area (TPSA) is 113 Å². The molecular formula is C28H30ClF2N7O2S. The van der Waals surface area contributed by atoms with E-state index < -0.39 is 16.4 Å². The van der Waals surface area contributed by atoms with E-state index in [1.807, 2.05) is 0 Å². The fourth-order valence-electron chi connectivity index (χ4n) is 5.08. The number of halogens is 3. The molecule has 0 atom stereocenters. The van der Waals surface area contributed by atoms with E-state index in [2.05, 4.69) is 49.0 Å². The van der Waals surface area contributed by atoms with Crippen molar-refractivity contribution < 1.29 is 17.2 Å². The van der Waals surface area contributed by atoms with E-state index in [1.165, 1.54) is 30.5 Å². The predicted molar refractivity (Wildman–Crippen MR) is 156 cm³/mol. The van der Waals surface area contributed by atoms with E-state index in [-0.39, 0.29) is 44.1 Å². The molecule has 9 nitrogen and oxygen atoms in total. The molecule has 1 saturated carbocycles. The quantitative estimate of drug-likeness (QED) is 0.250. The van der Waals surface area contributed by atoms with Crippen LogP contribution in [0.15, 0.2) is 53.6 Å². The predicted octanol–water partition coefficient (Wildman–Crippen LogP) is 6.07. The van der Waals surface area contributed by atoms with Crippen LogP contribution in [0, 0.1) is 6.92 Å². The van der Waals surface area contributed by atoms with E-state index in [0.717, 1.165) is 25.7 Å². The van der Waals surface area contributed by atoms with Crippen LogP contribution in [0.2, 0.25) is 5.02 Å². The standard InChI is InChI=1S/C28H30ClF2N7O2S/c1-16-19(12-13-25(33-16)37-41(39,40)24-7-5-4-6-21(24)29)22-14-20(27(30)31)26-23(35-22)15-32-28(36-26)34-17-8-10-18(11-9-17)38(2)3/h4-7,12-15,17-18,27H,8-11H2,1-3H3,(H,33,37)(H,32,34,36). The van der Waals surface area contributed by atoms with Gasteiger partial charge in [0.05, 0.1) is 16.9 Å². The van der Waals surface area contributed by atoms with Crippen molar-refractivity contribution in [3.63, 3.8) is 0 Å². The number of nitrogens with one attached hydrogen (secondary N) is 2. The lowest BCUT2D eigenvalue weighted by Gasteiger charge is -2.32. The number of fused-ring (bicyclic) bond motifs is 1. The average Bonchev–Trinajstić information content (AvgIpc) is 2.92. The molecule has 4 aromatic rings. The average molecular weight is 602 g/mol. The molecular weight excluding hydrogens is 572 g/mol. The number of aryl methyl sites for hydroxylation is 1. The Morgan fingerprint density at radius 1 is 1.02 bits per heavy atom. The van der Waals surface area contributed by atoms with Gasteiger partial charge in [-0.3, -0.25) is 4.72 Å². The second-order valence-corrected chi connectivity index (χ2v) is 12.4. The number of benzene rings is 1. The molecule has 0 saturated heterocycles. The normalized spacial score (nSPS) is 17.8. The molecule has 0 aliphatic heterocycles. The molecule has 2 N–H and O–H groups in total. The van der Waals surface area contributed by atoms with Crippen LogP contribution in [0.3, 0.4) is 0 Å². The molecule has 41 heavy (non-hydrogen) atoms. The lowest BCUT2D eigenvalue weighted by molar-refractivity contribution is 0.153. The van der Waals surface area contributed by atoms with Crippen molar-refractivity contribution in [2.75, 3.05) is 24.1 Å². The molecule has 3 heterocycles. The summed E-state index contributed by atoms with van der Waals surface area (Å²) >= 11 is 6.05. The molecule has 0 radical (unpaired) electrons. The highest BCUT2D eigenvalue weighted by Gasteiger charge is 2.24. The van der Waals surface area contributed by atoms with E-state index >= 15 is 0 Å². The van der Waals surface area contributed by atoms with Crippen LogP contribution in [0.4, 0.5) is 20.5 Å². The van der Waals surface area contributed by atoms with E-state index in [0.29, 0.717) is 23.2 Å². The molecule has 0 spiro atoms. The summed E-state index contributed by atoms with van der Waals surface area (Å²) in [6.45, 7) is 1.64. The maximum absolute atomic E-state index is 14.2. The van der Waals surface area contributed by atoms with Crippen LogP contribution in [0.5, 0.6) is 0 Å². The smallest absolute Gasteiger partial charge is 0.266 e. The first kappa shape index (κ1) is 29.0. The first-order valence-corrected chi connectivity index (χ1v) is 15.0. The number of anilines is 2. The van der Waals surface area contributed by atoms with Gasteiger partial charge in [0.1, 0.15) is 21.7 Å². The van der Waals surface area contributed by atoms with Crippen molar-refractivity contribution in [3.8, 4) is 11.3 Å². The SMILES string of the molecule is Cc1nc(NS(=O)(=O)c2ccccc2Cl)ccc1-c1cc(C(F)F)c2nc(NC3CCC(N(C)C)CC3)ncc2n1. The lowest BCUT2D eigenvalue weighted by Crippen LogP contribution is -2.36. The fourth-order valence-corrected chi connectivity index (χ4v) is 6.61. The summed E-state index contributed by atoms with van der Waals surface area (Å²) < 4.78 is 56.5. The Labute approximate surface area is 242 Å². The van der Waals surface area contributed by atoms with Crippen LogP contribution < -0.4 is 10.0 Å². The van der Waals surface area contributed by atoms with Crippen LogP contribution >= 0.6 is 11.6 Å². The molecule has 1 aliphatic rings. The van der Waals surface area contributed by atoms with Crippen LogP contribution in [-0.2, 0) is 10.0 Å². The highest BCUT2D eigenvalue weighted by atomic mass is 35.5. The second-order valence-electron chi connectivity index (χ2n) is 10.3. The summed E-state index contributed by atoms with van der Waals surface area (Å²) in [6, 6.07) is 11.1. The first-order chi connectivity index (χ1) is 19.5. The summed E-state index contributed by atoms with van der Waals surface area (Å²) in [4.78, 5) is 19.8. The highest BCUT2D eigenvalue weighted by Crippen LogP contribution is 2.33. The van der Waals surface area contributed by atoms with E-state index in [9.17, 15) is 17.2 Å². The van der Waals surface area contributed by atoms with Crippen molar-refractivity contribution in [1.29, 1.82) is 0 Å². The number of aromatic nitrogens is 4. The number of hydrogen-bond donors (Lipinski definition) is 2. The third kappa shape index (κ3) is 6.39. The Kier molecular flexibility index (Phi) is 8.35. The van der Waals surface area contributed by atoms with Crippen molar-refractivity contribution in [3.05, 3.63) is 64.9 Å². The van der Waals surface area contributed by atoms with Crippen molar-refractivity contribution in [2.45, 2.75) is 56.0 Å². The highest BCUT2D eigenvalue weighted by molar-refractivity contribution is 7.92. The molecule has 0 unspecified atom stereocenters. The van der Waals surface area contributed by atoms with Crippen LogP contribution in [0.1, 0.15) is 43.4 Å². The maximum Gasteiger partial charge on any atom is 0.266 e. The lowest BCUT2D eigenvalue weighted by atomic mass is 9.91. The van der Waals surface area contributed by atoms with Gasteiger partial charge >= 0.3 is 0 Å². The van der Waals surface area contributed by atoms with Gasteiger partial charge in [-0.1, -0.05) is 23.7 Å². The van der Waals surface area contributed by atoms with Gasteiger partial charge in [-0.15, -0.1) is 0 Å².